The Balaban J connectivity index is 3.36. The van der Waals surface area contributed by atoms with Crippen molar-refractivity contribution in [3.8, 4) is 0 Å². The Kier molecular flexibility index (Phi) is 3.14. The van der Waals surface area contributed by atoms with Crippen LogP contribution < -0.4 is 0 Å². The van der Waals surface area contributed by atoms with E-state index in [4.69, 9.17) is 5.11 Å². The van der Waals surface area contributed by atoms with E-state index in [-0.39, 0.29) is 5.56 Å². The van der Waals surface area contributed by atoms with Gasteiger partial charge < -0.3 is 9.84 Å². The predicted octanol–water partition coefficient (Wildman–Crippen LogP) is 0.475. The molecule has 1 aromatic rings. The molecule has 84 valence electrons. The summed E-state index contributed by atoms with van der Waals surface area (Å²) >= 11 is 0. The van der Waals surface area contributed by atoms with Crippen LogP contribution >= 0.6 is 0 Å². The normalized spacial score (nSPS) is 9.56. The van der Waals surface area contributed by atoms with Gasteiger partial charge in [0.05, 0.1) is 17.6 Å². The second-order valence-electron chi connectivity index (χ2n) is 2.65. The van der Waals surface area contributed by atoms with Crippen LogP contribution in [0.3, 0.4) is 0 Å². The number of carbonyl (C=O) groups excluding carboxylic acids is 1. The minimum absolute atomic E-state index is 0.376. The molecule has 0 atom stereocenters. The molecule has 1 aromatic heterocycles. The summed E-state index contributed by atoms with van der Waals surface area (Å²) in [7, 11) is 1.04. The lowest BCUT2D eigenvalue weighted by Crippen LogP contribution is -2.10. The number of rotatable bonds is 3. The number of pyridine rings is 1. The highest BCUT2D eigenvalue weighted by atomic mass is 16.6. The Hall–Kier alpha value is -2.51. The van der Waals surface area contributed by atoms with Crippen molar-refractivity contribution in [1.82, 2.24) is 4.98 Å². The molecule has 0 saturated carbocycles. The lowest BCUT2D eigenvalue weighted by molar-refractivity contribution is -0.385. The molecule has 0 bridgehead atoms. The number of esters is 1. The van der Waals surface area contributed by atoms with Crippen LogP contribution in [0.4, 0.5) is 5.69 Å². The maximum atomic E-state index is 11.1. The fourth-order valence-corrected chi connectivity index (χ4v) is 0.963. The summed E-state index contributed by atoms with van der Waals surface area (Å²) in [5, 5.41) is 19.2. The Morgan fingerprint density at radius 2 is 2.19 bits per heavy atom. The Labute approximate surface area is 88.6 Å². The van der Waals surface area contributed by atoms with Gasteiger partial charge in [-0.3, -0.25) is 10.1 Å². The molecule has 8 heteroatoms. The lowest BCUT2D eigenvalue weighted by Gasteiger charge is -2.00. The van der Waals surface area contributed by atoms with E-state index in [9.17, 15) is 19.7 Å². The number of ether oxygens (including phenoxy) is 1. The van der Waals surface area contributed by atoms with Gasteiger partial charge in [0.15, 0.2) is 0 Å². The largest absolute Gasteiger partial charge is 0.478 e. The maximum absolute atomic E-state index is 11.1. The van der Waals surface area contributed by atoms with Crippen LogP contribution in [0.25, 0.3) is 0 Å². The Morgan fingerprint density at radius 3 is 2.62 bits per heavy atom. The number of nitro groups is 1. The van der Waals surface area contributed by atoms with E-state index in [1.165, 1.54) is 0 Å². The second kappa shape index (κ2) is 4.34. The molecule has 1 heterocycles. The molecule has 1 rings (SSSR count). The van der Waals surface area contributed by atoms with Gasteiger partial charge in [0, 0.05) is 12.3 Å². The summed E-state index contributed by atoms with van der Waals surface area (Å²) in [4.78, 5) is 34.7. The monoisotopic (exact) mass is 226 g/mol. The molecule has 0 saturated heterocycles. The summed E-state index contributed by atoms with van der Waals surface area (Å²) in [6, 6.07) is 0.752. The van der Waals surface area contributed by atoms with Crippen molar-refractivity contribution in [3.05, 3.63) is 33.6 Å². The topological polar surface area (TPSA) is 120 Å². The SMILES string of the molecule is COC(=O)c1ncc(C(=O)O)cc1[N+](=O)[O-]. The number of methoxy groups -OCH3 is 1. The number of aromatic carboxylic acids is 1. The highest BCUT2D eigenvalue weighted by Crippen LogP contribution is 2.18. The molecule has 1 N–H and O–H groups in total. The van der Waals surface area contributed by atoms with Crippen molar-refractivity contribution in [2.24, 2.45) is 0 Å². The third-order valence-corrected chi connectivity index (χ3v) is 1.69. The van der Waals surface area contributed by atoms with E-state index in [1.807, 2.05) is 0 Å². The number of aromatic nitrogens is 1. The van der Waals surface area contributed by atoms with E-state index in [1.54, 1.807) is 0 Å². The van der Waals surface area contributed by atoms with Crippen LogP contribution in [0.15, 0.2) is 12.3 Å². The first kappa shape index (κ1) is 11.6. The van der Waals surface area contributed by atoms with Crippen LogP contribution in [-0.4, -0.2) is 34.1 Å². The van der Waals surface area contributed by atoms with Crippen molar-refractivity contribution in [2.45, 2.75) is 0 Å². The van der Waals surface area contributed by atoms with Gasteiger partial charge >= 0.3 is 17.6 Å². The van der Waals surface area contributed by atoms with Crippen LogP contribution in [0.5, 0.6) is 0 Å². The first-order valence-corrected chi connectivity index (χ1v) is 3.93. The van der Waals surface area contributed by atoms with Crippen molar-refractivity contribution in [3.63, 3.8) is 0 Å². The van der Waals surface area contributed by atoms with Crippen molar-refractivity contribution >= 4 is 17.6 Å². The second-order valence-corrected chi connectivity index (χ2v) is 2.65. The number of hydrogen-bond acceptors (Lipinski definition) is 6. The van der Waals surface area contributed by atoms with E-state index >= 15 is 0 Å². The molecule has 8 nitrogen and oxygen atoms in total. The van der Waals surface area contributed by atoms with Crippen LogP contribution in [0.2, 0.25) is 0 Å². The summed E-state index contributed by atoms with van der Waals surface area (Å²) in [6.45, 7) is 0. The molecule has 0 amide bonds. The Bertz CT molecular complexity index is 470. The molecule has 0 unspecified atom stereocenters. The van der Waals surface area contributed by atoms with Gasteiger partial charge in [-0.25, -0.2) is 14.6 Å². The van der Waals surface area contributed by atoms with E-state index in [0.29, 0.717) is 0 Å². The molecule has 0 radical (unpaired) electrons. The number of carboxylic acids is 1. The highest BCUT2D eigenvalue weighted by molar-refractivity contribution is 5.94. The fraction of sp³-hybridized carbons (Fsp3) is 0.125. The molecule has 0 spiro atoms. The average Bonchev–Trinajstić information content (AvgIpc) is 2.26. The van der Waals surface area contributed by atoms with E-state index < -0.39 is 28.2 Å². The third kappa shape index (κ3) is 2.11. The minimum atomic E-state index is -1.37. The van der Waals surface area contributed by atoms with Gasteiger partial charge in [0.1, 0.15) is 0 Å². The van der Waals surface area contributed by atoms with Crippen LogP contribution in [0, 0.1) is 10.1 Å². The van der Waals surface area contributed by atoms with Crippen LogP contribution in [-0.2, 0) is 4.74 Å². The zero-order chi connectivity index (χ0) is 12.3. The third-order valence-electron chi connectivity index (χ3n) is 1.69. The van der Waals surface area contributed by atoms with Gasteiger partial charge in [-0.15, -0.1) is 0 Å². The zero-order valence-corrected chi connectivity index (χ0v) is 8.04. The lowest BCUT2D eigenvalue weighted by atomic mass is 10.2. The van der Waals surface area contributed by atoms with Crippen molar-refractivity contribution < 1.29 is 24.4 Å². The number of carboxylic acid groups (broad SMARTS) is 1. The number of hydrogen-bond donors (Lipinski definition) is 1. The van der Waals surface area contributed by atoms with Gasteiger partial charge in [-0.05, 0) is 0 Å². The molecule has 16 heavy (non-hydrogen) atoms. The molecule has 0 aromatic carbocycles. The van der Waals surface area contributed by atoms with Crippen molar-refractivity contribution in [2.75, 3.05) is 7.11 Å². The van der Waals surface area contributed by atoms with Gasteiger partial charge in [-0.2, -0.15) is 0 Å². The average molecular weight is 226 g/mol. The van der Waals surface area contributed by atoms with E-state index in [0.717, 1.165) is 19.4 Å². The molecule has 0 aliphatic carbocycles. The van der Waals surface area contributed by atoms with Gasteiger partial charge in [-0.1, -0.05) is 0 Å². The van der Waals surface area contributed by atoms with E-state index in [2.05, 4.69) is 9.72 Å². The zero-order valence-electron chi connectivity index (χ0n) is 8.04. The number of carbonyl (C=O) groups is 2. The standard InChI is InChI=1S/C8H6N2O6/c1-16-8(13)6-5(10(14)15)2-4(3-9-6)7(11)12/h2-3H,1H3,(H,11,12). The summed E-state index contributed by atoms with van der Waals surface area (Å²) in [6.07, 6.45) is 0.849. The highest BCUT2D eigenvalue weighted by Gasteiger charge is 2.24. The van der Waals surface area contributed by atoms with Crippen molar-refractivity contribution in [1.29, 1.82) is 0 Å². The predicted molar refractivity (Wildman–Crippen MR) is 49.2 cm³/mol. The summed E-state index contributed by atoms with van der Waals surface area (Å²) < 4.78 is 4.27. The molecular formula is C8H6N2O6. The smallest absolute Gasteiger partial charge is 0.363 e. The number of nitrogens with zero attached hydrogens (tertiary/aromatic N) is 2. The summed E-state index contributed by atoms with van der Waals surface area (Å²) in [5.74, 6) is -2.37. The minimum Gasteiger partial charge on any atom is -0.478 e. The van der Waals surface area contributed by atoms with Gasteiger partial charge in [0.25, 0.3) is 0 Å². The molecular weight excluding hydrogens is 220 g/mol. The van der Waals surface area contributed by atoms with Crippen LogP contribution in [0.1, 0.15) is 20.8 Å². The first-order chi connectivity index (χ1) is 7.47. The summed E-state index contributed by atoms with van der Waals surface area (Å²) in [5.41, 5.74) is -1.61. The molecule has 0 aliphatic rings. The van der Waals surface area contributed by atoms with Gasteiger partial charge in [0.2, 0.25) is 5.69 Å². The molecule has 0 fully saturated rings. The molecule has 0 aliphatic heterocycles. The Morgan fingerprint density at radius 1 is 1.56 bits per heavy atom. The fourth-order valence-electron chi connectivity index (χ4n) is 0.963. The first-order valence-electron chi connectivity index (χ1n) is 3.93. The quantitative estimate of drug-likeness (QED) is 0.451. The maximum Gasteiger partial charge on any atom is 0.363 e.